The van der Waals surface area contributed by atoms with Crippen molar-refractivity contribution in [1.82, 2.24) is 10.3 Å². The second kappa shape index (κ2) is 7.02. The molecule has 1 aromatic heterocycles. The Labute approximate surface area is 122 Å². The number of nitrogens with zero attached hydrogens (tertiary/aromatic N) is 2. The van der Waals surface area contributed by atoms with E-state index in [9.17, 15) is 4.39 Å². The van der Waals surface area contributed by atoms with Crippen molar-refractivity contribution in [3.63, 3.8) is 0 Å². The summed E-state index contributed by atoms with van der Waals surface area (Å²) in [4.78, 5) is 6.57. The summed E-state index contributed by atoms with van der Waals surface area (Å²) in [7, 11) is 0. The minimum Gasteiger partial charge on any atom is -0.354 e. The maximum absolute atomic E-state index is 13.5. The number of hydrogen-bond acceptors (Lipinski definition) is 3. The van der Waals surface area contributed by atoms with Crippen LogP contribution in [0.15, 0.2) is 12.3 Å². The third-order valence-corrected chi connectivity index (χ3v) is 3.45. The lowest BCUT2D eigenvalue weighted by Crippen LogP contribution is -2.37. The third-order valence-electron chi connectivity index (χ3n) is 3.45. The Balaban J connectivity index is 3.05. The highest BCUT2D eigenvalue weighted by Gasteiger charge is 2.18. The highest BCUT2D eigenvalue weighted by atomic mass is 19.1. The van der Waals surface area contributed by atoms with Gasteiger partial charge >= 0.3 is 0 Å². The van der Waals surface area contributed by atoms with E-state index in [-0.39, 0.29) is 11.4 Å². The maximum Gasteiger partial charge on any atom is 0.141 e. The molecule has 0 radical (unpaired) electrons. The summed E-state index contributed by atoms with van der Waals surface area (Å²) < 4.78 is 13.5. The van der Waals surface area contributed by atoms with Crippen LogP contribution in [-0.2, 0) is 6.54 Å². The van der Waals surface area contributed by atoms with Gasteiger partial charge in [0, 0.05) is 30.2 Å². The zero-order valence-corrected chi connectivity index (χ0v) is 13.6. The molecule has 0 aliphatic rings. The third kappa shape index (κ3) is 4.75. The Morgan fingerprint density at radius 2 is 2.00 bits per heavy atom. The average Bonchev–Trinajstić information content (AvgIpc) is 2.38. The Bertz CT molecular complexity index is 426. The molecular formula is C16H28FN3. The topological polar surface area (TPSA) is 28.2 Å². The second-order valence-corrected chi connectivity index (χ2v) is 6.28. The van der Waals surface area contributed by atoms with E-state index >= 15 is 0 Å². The molecule has 0 aromatic carbocycles. The van der Waals surface area contributed by atoms with Gasteiger partial charge in [-0.3, -0.25) is 0 Å². The van der Waals surface area contributed by atoms with E-state index in [1.165, 1.54) is 6.20 Å². The highest BCUT2D eigenvalue weighted by molar-refractivity contribution is 5.47. The van der Waals surface area contributed by atoms with Gasteiger partial charge in [0.1, 0.15) is 11.6 Å². The van der Waals surface area contributed by atoms with E-state index in [1.54, 1.807) is 6.07 Å². The average molecular weight is 281 g/mol. The molecule has 1 heterocycles. The van der Waals surface area contributed by atoms with Crippen molar-refractivity contribution in [2.24, 2.45) is 0 Å². The van der Waals surface area contributed by atoms with E-state index in [2.05, 4.69) is 56.7 Å². The molecule has 0 bridgehead atoms. The Morgan fingerprint density at radius 1 is 1.35 bits per heavy atom. The Kier molecular flexibility index (Phi) is 5.93. The minimum atomic E-state index is -0.278. The first-order valence-corrected chi connectivity index (χ1v) is 7.44. The van der Waals surface area contributed by atoms with Gasteiger partial charge in [0.15, 0.2) is 0 Å². The molecular weight excluding hydrogens is 253 g/mol. The molecule has 1 unspecified atom stereocenters. The lowest BCUT2D eigenvalue weighted by molar-refractivity contribution is 0.422. The monoisotopic (exact) mass is 281 g/mol. The molecule has 0 saturated carbocycles. The summed E-state index contributed by atoms with van der Waals surface area (Å²) in [5, 5.41) is 3.41. The number of pyridine rings is 1. The molecule has 0 aliphatic heterocycles. The summed E-state index contributed by atoms with van der Waals surface area (Å²) in [5.74, 6) is 0.611. The van der Waals surface area contributed by atoms with Crippen LogP contribution >= 0.6 is 0 Å². The van der Waals surface area contributed by atoms with Gasteiger partial charge in [-0.25, -0.2) is 9.37 Å². The van der Waals surface area contributed by atoms with Crippen molar-refractivity contribution < 1.29 is 4.39 Å². The number of nitrogens with one attached hydrogen (secondary N) is 1. The standard InChI is InChI=1S/C16H28FN3/c1-7-12(3)20(8-2)15-13(9-14(17)11-18-15)10-19-16(4,5)6/h9,11-12,19H,7-8,10H2,1-6H3. The van der Waals surface area contributed by atoms with Crippen LogP contribution in [-0.4, -0.2) is 23.1 Å². The highest BCUT2D eigenvalue weighted by Crippen LogP contribution is 2.22. The predicted octanol–water partition coefficient (Wildman–Crippen LogP) is 3.73. The number of halogens is 1. The summed E-state index contributed by atoms with van der Waals surface area (Å²) in [6.45, 7) is 14.2. The van der Waals surface area contributed by atoms with Crippen molar-refractivity contribution in [2.45, 2.75) is 66.1 Å². The van der Waals surface area contributed by atoms with E-state index in [1.807, 2.05) is 0 Å². The molecule has 0 saturated heterocycles. The van der Waals surface area contributed by atoms with Crippen LogP contribution in [0.4, 0.5) is 10.2 Å². The van der Waals surface area contributed by atoms with Gasteiger partial charge in [-0.2, -0.15) is 0 Å². The zero-order valence-electron chi connectivity index (χ0n) is 13.6. The van der Waals surface area contributed by atoms with Crippen molar-refractivity contribution in [1.29, 1.82) is 0 Å². The fourth-order valence-electron chi connectivity index (χ4n) is 2.11. The molecule has 3 nitrogen and oxygen atoms in total. The van der Waals surface area contributed by atoms with E-state index < -0.39 is 0 Å². The van der Waals surface area contributed by atoms with Crippen molar-refractivity contribution in [3.8, 4) is 0 Å². The zero-order chi connectivity index (χ0) is 15.3. The maximum atomic E-state index is 13.5. The van der Waals surface area contributed by atoms with Crippen LogP contribution in [0.5, 0.6) is 0 Å². The first-order valence-electron chi connectivity index (χ1n) is 7.44. The predicted molar refractivity (Wildman–Crippen MR) is 83.6 cm³/mol. The minimum absolute atomic E-state index is 0.00297. The van der Waals surface area contributed by atoms with Crippen LogP contribution in [0, 0.1) is 5.82 Å². The molecule has 1 rings (SSSR count). The number of aromatic nitrogens is 1. The first-order chi connectivity index (χ1) is 9.28. The fourth-order valence-corrected chi connectivity index (χ4v) is 2.11. The molecule has 1 aromatic rings. The molecule has 1 N–H and O–H groups in total. The van der Waals surface area contributed by atoms with E-state index in [4.69, 9.17) is 0 Å². The van der Waals surface area contributed by atoms with Gasteiger partial charge in [0.2, 0.25) is 0 Å². The Hall–Kier alpha value is -1.16. The van der Waals surface area contributed by atoms with Gasteiger partial charge in [-0.05, 0) is 47.1 Å². The van der Waals surface area contributed by atoms with Gasteiger partial charge in [0.25, 0.3) is 0 Å². The lowest BCUT2D eigenvalue weighted by atomic mass is 10.1. The van der Waals surface area contributed by atoms with Crippen LogP contribution in [0.2, 0.25) is 0 Å². The lowest BCUT2D eigenvalue weighted by Gasteiger charge is -2.31. The van der Waals surface area contributed by atoms with Gasteiger partial charge in [-0.1, -0.05) is 6.92 Å². The number of rotatable bonds is 6. The van der Waals surface area contributed by atoms with Gasteiger partial charge in [-0.15, -0.1) is 0 Å². The summed E-state index contributed by atoms with van der Waals surface area (Å²) in [5.41, 5.74) is 0.916. The first kappa shape index (κ1) is 16.9. The van der Waals surface area contributed by atoms with Crippen LogP contribution in [0.3, 0.4) is 0 Å². The molecule has 0 spiro atoms. The molecule has 114 valence electrons. The molecule has 20 heavy (non-hydrogen) atoms. The molecule has 1 atom stereocenters. The quantitative estimate of drug-likeness (QED) is 0.861. The van der Waals surface area contributed by atoms with Gasteiger partial charge < -0.3 is 10.2 Å². The SMILES string of the molecule is CCC(C)N(CC)c1ncc(F)cc1CNC(C)(C)C. The second-order valence-electron chi connectivity index (χ2n) is 6.28. The fraction of sp³-hybridized carbons (Fsp3) is 0.688. The molecule has 0 fully saturated rings. The smallest absolute Gasteiger partial charge is 0.141 e. The summed E-state index contributed by atoms with van der Waals surface area (Å²) >= 11 is 0. The number of anilines is 1. The summed E-state index contributed by atoms with van der Waals surface area (Å²) in [6, 6.07) is 1.98. The Morgan fingerprint density at radius 3 is 2.50 bits per heavy atom. The van der Waals surface area contributed by atoms with Crippen molar-refractivity contribution >= 4 is 5.82 Å². The van der Waals surface area contributed by atoms with Crippen molar-refractivity contribution in [3.05, 3.63) is 23.6 Å². The molecule has 0 amide bonds. The van der Waals surface area contributed by atoms with Crippen LogP contribution < -0.4 is 10.2 Å². The number of hydrogen-bond donors (Lipinski definition) is 1. The van der Waals surface area contributed by atoms with Gasteiger partial charge in [0.05, 0.1) is 6.20 Å². The normalized spacial score (nSPS) is 13.3. The molecule has 4 heteroatoms. The van der Waals surface area contributed by atoms with E-state index in [0.29, 0.717) is 12.6 Å². The summed E-state index contributed by atoms with van der Waals surface area (Å²) in [6.07, 6.45) is 2.35. The largest absolute Gasteiger partial charge is 0.354 e. The molecule has 0 aliphatic carbocycles. The van der Waals surface area contributed by atoms with E-state index in [0.717, 1.165) is 24.3 Å². The van der Waals surface area contributed by atoms with Crippen LogP contribution in [0.25, 0.3) is 0 Å². The van der Waals surface area contributed by atoms with Crippen molar-refractivity contribution in [2.75, 3.05) is 11.4 Å². The van der Waals surface area contributed by atoms with Crippen LogP contribution in [0.1, 0.15) is 53.5 Å².